The number of carbonyl (C=O) groups excluding carboxylic acids is 2. The lowest BCUT2D eigenvalue weighted by atomic mass is 10.0. The Hall–Kier alpha value is -2.56. The molecule has 0 N–H and O–H groups in total. The molecule has 1 aromatic carbocycles. The summed E-state index contributed by atoms with van der Waals surface area (Å²) in [6.45, 7) is 12.0. The number of carbonyl (C=O) groups is 2. The third-order valence-corrected chi connectivity index (χ3v) is 3.88. The quantitative estimate of drug-likeness (QED) is 0.723. The van der Waals surface area contributed by atoms with Crippen LogP contribution in [0.3, 0.4) is 0 Å². The molecule has 5 heteroatoms. The Morgan fingerprint density at radius 3 is 2.50 bits per heavy atom. The number of para-hydroxylation sites is 2. The molecule has 24 heavy (non-hydrogen) atoms. The van der Waals surface area contributed by atoms with Gasteiger partial charge in [-0.3, -0.25) is 9.59 Å². The monoisotopic (exact) mass is 328 g/mol. The van der Waals surface area contributed by atoms with Crippen LogP contribution in [0.5, 0.6) is 5.75 Å². The molecule has 0 fully saturated rings. The van der Waals surface area contributed by atoms with E-state index in [9.17, 15) is 9.59 Å². The van der Waals surface area contributed by atoms with Crippen molar-refractivity contribution < 1.29 is 14.3 Å². The first-order valence-electron chi connectivity index (χ1n) is 8.00. The second-order valence-corrected chi connectivity index (χ2v) is 6.16. The minimum Gasteiger partial charge on any atom is -0.476 e. The Morgan fingerprint density at radius 1 is 1.25 bits per heavy atom. The van der Waals surface area contributed by atoms with E-state index in [4.69, 9.17) is 4.74 Å². The van der Waals surface area contributed by atoms with Crippen LogP contribution in [-0.4, -0.2) is 41.9 Å². The molecule has 0 spiro atoms. The summed E-state index contributed by atoms with van der Waals surface area (Å²) in [6.07, 6.45) is 3.59. The molecular formula is C19H24N2O3. The van der Waals surface area contributed by atoms with Gasteiger partial charge in [-0.05, 0) is 26.0 Å². The number of hydrogen-bond acceptors (Lipinski definition) is 3. The van der Waals surface area contributed by atoms with Crippen LogP contribution in [-0.2, 0) is 9.59 Å². The van der Waals surface area contributed by atoms with Crippen LogP contribution in [0.4, 0.5) is 5.69 Å². The maximum atomic E-state index is 12.7. The molecule has 2 amide bonds. The van der Waals surface area contributed by atoms with Crippen molar-refractivity contribution in [2.45, 2.75) is 25.9 Å². The Balaban J connectivity index is 2.16. The first-order chi connectivity index (χ1) is 11.4. The van der Waals surface area contributed by atoms with Gasteiger partial charge in [0.1, 0.15) is 5.75 Å². The zero-order chi connectivity index (χ0) is 17.7. The fourth-order valence-electron chi connectivity index (χ4n) is 2.70. The molecule has 1 aliphatic rings. The molecule has 0 saturated carbocycles. The second-order valence-electron chi connectivity index (χ2n) is 6.16. The maximum Gasteiger partial charge on any atom is 0.270 e. The number of benzene rings is 1. The summed E-state index contributed by atoms with van der Waals surface area (Å²) in [5.74, 6) is 0.473. The van der Waals surface area contributed by atoms with Crippen LogP contribution >= 0.6 is 0 Å². The summed E-state index contributed by atoms with van der Waals surface area (Å²) < 4.78 is 5.78. The van der Waals surface area contributed by atoms with Crippen molar-refractivity contribution in [3.05, 3.63) is 49.6 Å². The smallest absolute Gasteiger partial charge is 0.270 e. The molecule has 0 atom stereocenters. The highest BCUT2D eigenvalue weighted by atomic mass is 16.5. The van der Waals surface area contributed by atoms with Crippen LogP contribution in [0.2, 0.25) is 0 Å². The number of fused-ring (bicyclic) bond motifs is 1. The molecule has 0 bridgehead atoms. The van der Waals surface area contributed by atoms with Gasteiger partial charge in [-0.25, -0.2) is 0 Å². The molecule has 2 rings (SSSR count). The molecule has 1 aliphatic heterocycles. The van der Waals surface area contributed by atoms with Crippen molar-refractivity contribution in [2.24, 2.45) is 0 Å². The summed E-state index contributed by atoms with van der Waals surface area (Å²) in [6, 6.07) is 7.38. The predicted molar refractivity (Wildman–Crippen MR) is 95.1 cm³/mol. The lowest BCUT2D eigenvalue weighted by molar-refractivity contribution is -0.133. The number of rotatable bonds is 7. The van der Waals surface area contributed by atoms with Gasteiger partial charge in [0.05, 0.1) is 5.69 Å². The highest BCUT2D eigenvalue weighted by Crippen LogP contribution is 2.37. The topological polar surface area (TPSA) is 49.9 Å². The zero-order valence-corrected chi connectivity index (χ0v) is 14.3. The normalized spacial score (nSPS) is 15.2. The number of nitrogens with zero attached hydrogens (tertiary/aromatic N) is 2. The van der Waals surface area contributed by atoms with E-state index in [1.807, 2.05) is 24.3 Å². The van der Waals surface area contributed by atoms with Crippen molar-refractivity contribution in [3.8, 4) is 5.75 Å². The summed E-state index contributed by atoms with van der Waals surface area (Å²) in [5.41, 5.74) is -0.243. The zero-order valence-electron chi connectivity index (χ0n) is 14.3. The fourth-order valence-corrected chi connectivity index (χ4v) is 2.70. The van der Waals surface area contributed by atoms with E-state index >= 15 is 0 Å². The van der Waals surface area contributed by atoms with E-state index in [-0.39, 0.29) is 18.2 Å². The van der Waals surface area contributed by atoms with Gasteiger partial charge < -0.3 is 14.5 Å². The van der Waals surface area contributed by atoms with Crippen LogP contribution in [0, 0.1) is 0 Å². The first-order valence-corrected chi connectivity index (χ1v) is 8.00. The standard InChI is InChI=1S/C19H24N2O3/c1-5-12-20(13-6-2)17(22)11-14-21-15-9-7-8-10-16(15)24-19(3,4)18(21)23/h5-10H,1-2,11-14H2,3-4H3. The molecule has 0 unspecified atom stereocenters. The Labute approximate surface area is 143 Å². The molecular weight excluding hydrogens is 304 g/mol. The molecule has 0 radical (unpaired) electrons. The SMILES string of the molecule is C=CCN(CC=C)C(=O)CCN1C(=O)C(C)(C)Oc2ccccc21. The molecule has 128 valence electrons. The van der Waals surface area contributed by atoms with Crippen molar-refractivity contribution in [2.75, 3.05) is 24.5 Å². The maximum absolute atomic E-state index is 12.7. The van der Waals surface area contributed by atoms with Gasteiger partial charge in [0, 0.05) is 26.1 Å². The van der Waals surface area contributed by atoms with E-state index in [1.54, 1.807) is 35.8 Å². The van der Waals surface area contributed by atoms with Gasteiger partial charge in [0.2, 0.25) is 5.91 Å². The molecule has 1 aromatic rings. The summed E-state index contributed by atoms with van der Waals surface area (Å²) in [4.78, 5) is 28.4. The third-order valence-electron chi connectivity index (χ3n) is 3.88. The molecule has 0 aromatic heterocycles. The Bertz CT molecular complexity index is 642. The molecule has 0 aliphatic carbocycles. The summed E-state index contributed by atoms with van der Waals surface area (Å²) in [5, 5.41) is 0. The highest BCUT2D eigenvalue weighted by Gasteiger charge is 2.40. The van der Waals surface area contributed by atoms with Gasteiger partial charge in [-0.15, -0.1) is 13.2 Å². The molecule has 1 heterocycles. The predicted octanol–water partition coefficient (Wildman–Crippen LogP) is 2.78. The molecule has 0 saturated heterocycles. The lowest BCUT2D eigenvalue weighted by Gasteiger charge is -2.38. The van der Waals surface area contributed by atoms with Crippen molar-refractivity contribution in [1.82, 2.24) is 4.90 Å². The van der Waals surface area contributed by atoms with E-state index < -0.39 is 5.60 Å². The minimum atomic E-state index is -0.945. The van der Waals surface area contributed by atoms with Gasteiger partial charge in [-0.1, -0.05) is 24.3 Å². The highest BCUT2D eigenvalue weighted by molar-refractivity contribution is 6.02. The first kappa shape index (κ1) is 17.8. The number of hydrogen-bond donors (Lipinski definition) is 0. The van der Waals surface area contributed by atoms with E-state index in [0.717, 1.165) is 0 Å². The molecule has 5 nitrogen and oxygen atoms in total. The largest absolute Gasteiger partial charge is 0.476 e. The van der Waals surface area contributed by atoms with Crippen LogP contribution < -0.4 is 9.64 Å². The van der Waals surface area contributed by atoms with Gasteiger partial charge in [0.25, 0.3) is 5.91 Å². The average molecular weight is 328 g/mol. The Morgan fingerprint density at radius 2 is 1.88 bits per heavy atom. The summed E-state index contributed by atoms with van der Waals surface area (Å²) in [7, 11) is 0. The number of amides is 2. The van der Waals surface area contributed by atoms with Crippen LogP contribution in [0.25, 0.3) is 0 Å². The fraction of sp³-hybridized carbons (Fsp3) is 0.368. The van der Waals surface area contributed by atoms with E-state index in [2.05, 4.69) is 13.2 Å². The van der Waals surface area contributed by atoms with Crippen LogP contribution in [0.1, 0.15) is 20.3 Å². The minimum absolute atomic E-state index is 0.0376. The number of anilines is 1. The van der Waals surface area contributed by atoms with Gasteiger partial charge in [0.15, 0.2) is 5.60 Å². The van der Waals surface area contributed by atoms with Gasteiger partial charge in [-0.2, -0.15) is 0 Å². The second kappa shape index (κ2) is 7.34. The van der Waals surface area contributed by atoms with Crippen LogP contribution in [0.15, 0.2) is 49.6 Å². The van der Waals surface area contributed by atoms with E-state index in [1.165, 1.54) is 0 Å². The van der Waals surface area contributed by atoms with E-state index in [0.29, 0.717) is 31.1 Å². The van der Waals surface area contributed by atoms with Crippen molar-refractivity contribution in [1.29, 1.82) is 0 Å². The third kappa shape index (κ3) is 3.67. The Kier molecular flexibility index (Phi) is 5.44. The van der Waals surface area contributed by atoms with Crippen molar-refractivity contribution >= 4 is 17.5 Å². The summed E-state index contributed by atoms with van der Waals surface area (Å²) >= 11 is 0. The lowest BCUT2D eigenvalue weighted by Crippen LogP contribution is -2.53. The van der Waals surface area contributed by atoms with Crippen molar-refractivity contribution in [3.63, 3.8) is 0 Å². The number of ether oxygens (including phenoxy) is 1. The van der Waals surface area contributed by atoms with Gasteiger partial charge >= 0.3 is 0 Å². The average Bonchev–Trinajstić information content (AvgIpc) is 2.54.